The molecule has 1 heterocycles. The fourth-order valence-electron chi connectivity index (χ4n) is 3.35. The molecule has 0 spiro atoms. The fourth-order valence-corrected chi connectivity index (χ4v) is 3.35. The van der Waals surface area contributed by atoms with E-state index in [4.69, 9.17) is 9.47 Å². The van der Waals surface area contributed by atoms with Crippen molar-refractivity contribution in [3.8, 4) is 0 Å². The smallest absolute Gasteiger partial charge is 0.191 e. The van der Waals surface area contributed by atoms with Crippen LogP contribution < -0.4 is 10.6 Å². The fraction of sp³-hybridized carbons (Fsp3) is 0.667. The van der Waals surface area contributed by atoms with Crippen molar-refractivity contribution < 1.29 is 9.47 Å². The predicted octanol–water partition coefficient (Wildman–Crippen LogP) is 2.21. The van der Waals surface area contributed by atoms with Gasteiger partial charge in [-0.25, -0.2) is 0 Å². The summed E-state index contributed by atoms with van der Waals surface area (Å²) >= 11 is 0. The van der Waals surface area contributed by atoms with Gasteiger partial charge in [0.15, 0.2) is 5.96 Å². The molecule has 2 N–H and O–H groups in total. The molecule has 2 unspecified atom stereocenters. The molecule has 152 valence electrons. The molecule has 1 aliphatic heterocycles. The Kier molecular flexibility index (Phi) is 9.59. The Bertz CT molecular complexity index is 562. The Morgan fingerprint density at radius 2 is 2.04 bits per heavy atom. The molecule has 6 nitrogen and oxygen atoms in total. The summed E-state index contributed by atoms with van der Waals surface area (Å²) in [7, 11) is 5.65. The van der Waals surface area contributed by atoms with E-state index in [-0.39, 0.29) is 6.10 Å². The van der Waals surface area contributed by atoms with Gasteiger partial charge in [0.25, 0.3) is 0 Å². The summed E-state index contributed by atoms with van der Waals surface area (Å²) < 4.78 is 11.2. The lowest BCUT2D eigenvalue weighted by Gasteiger charge is -2.32. The van der Waals surface area contributed by atoms with E-state index in [1.54, 1.807) is 7.11 Å². The van der Waals surface area contributed by atoms with Crippen LogP contribution in [0, 0.1) is 12.8 Å². The Morgan fingerprint density at radius 1 is 1.26 bits per heavy atom. The SMILES string of the molecule is CN=C(NCCN(C)CCOC)NCC1CCCOC1c1ccc(C)cc1. The highest BCUT2D eigenvalue weighted by atomic mass is 16.5. The van der Waals surface area contributed by atoms with E-state index in [0.717, 1.165) is 51.8 Å². The number of guanidine groups is 1. The number of rotatable bonds is 9. The molecule has 1 aliphatic rings. The van der Waals surface area contributed by atoms with Crippen LogP contribution >= 0.6 is 0 Å². The van der Waals surface area contributed by atoms with Gasteiger partial charge in [-0.05, 0) is 32.4 Å². The first-order valence-electron chi connectivity index (χ1n) is 9.94. The second-order valence-electron chi connectivity index (χ2n) is 7.28. The molecule has 2 atom stereocenters. The number of aryl methyl sites for hydroxylation is 1. The van der Waals surface area contributed by atoms with Crippen LogP contribution in [0.3, 0.4) is 0 Å². The van der Waals surface area contributed by atoms with Gasteiger partial charge in [0.05, 0.1) is 12.7 Å². The molecule has 0 bridgehead atoms. The second kappa shape index (κ2) is 12.0. The summed E-state index contributed by atoms with van der Waals surface area (Å²) in [6.07, 6.45) is 2.44. The third-order valence-electron chi connectivity index (χ3n) is 5.07. The lowest BCUT2D eigenvalue weighted by atomic mass is 9.89. The highest BCUT2D eigenvalue weighted by Gasteiger charge is 2.27. The normalized spacial score (nSPS) is 20.7. The standard InChI is InChI=1S/C21H36N4O2/c1-17-7-9-18(10-8-17)20-19(6-5-14-27-20)16-24-21(22-2)23-11-12-25(3)13-15-26-4/h7-10,19-20H,5-6,11-16H2,1-4H3,(H2,22,23,24). The molecule has 1 saturated heterocycles. The molecule has 1 aromatic rings. The summed E-state index contributed by atoms with van der Waals surface area (Å²) in [5.74, 6) is 1.30. The zero-order chi connectivity index (χ0) is 19.5. The van der Waals surface area contributed by atoms with Gasteiger partial charge in [-0.3, -0.25) is 4.99 Å². The van der Waals surface area contributed by atoms with Crippen molar-refractivity contribution in [3.05, 3.63) is 35.4 Å². The first-order valence-corrected chi connectivity index (χ1v) is 9.94. The minimum atomic E-state index is 0.158. The van der Waals surface area contributed by atoms with Crippen LogP contribution in [0.1, 0.15) is 30.1 Å². The van der Waals surface area contributed by atoms with E-state index in [1.807, 2.05) is 7.05 Å². The van der Waals surface area contributed by atoms with Gasteiger partial charge in [-0.1, -0.05) is 29.8 Å². The molecule has 0 amide bonds. The van der Waals surface area contributed by atoms with E-state index < -0.39 is 0 Å². The molecule has 6 heteroatoms. The molecule has 1 fully saturated rings. The van der Waals surface area contributed by atoms with Crippen molar-refractivity contribution in [2.75, 3.05) is 60.6 Å². The minimum absolute atomic E-state index is 0.158. The van der Waals surface area contributed by atoms with Gasteiger partial charge < -0.3 is 25.0 Å². The number of nitrogens with zero attached hydrogens (tertiary/aromatic N) is 2. The van der Waals surface area contributed by atoms with Gasteiger partial charge in [0.2, 0.25) is 0 Å². The largest absolute Gasteiger partial charge is 0.383 e. The van der Waals surface area contributed by atoms with Crippen molar-refractivity contribution in [3.63, 3.8) is 0 Å². The molecular weight excluding hydrogens is 340 g/mol. The van der Waals surface area contributed by atoms with Crippen LogP contribution in [-0.4, -0.2) is 71.5 Å². The number of likely N-dealkylation sites (N-methyl/N-ethyl adjacent to an activating group) is 1. The van der Waals surface area contributed by atoms with E-state index >= 15 is 0 Å². The Morgan fingerprint density at radius 3 is 2.74 bits per heavy atom. The van der Waals surface area contributed by atoms with Crippen LogP contribution in [0.4, 0.5) is 0 Å². The molecule has 0 aromatic heterocycles. The number of methoxy groups -OCH3 is 1. The van der Waals surface area contributed by atoms with Crippen molar-refractivity contribution in [2.45, 2.75) is 25.9 Å². The van der Waals surface area contributed by atoms with Gasteiger partial charge >= 0.3 is 0 Å². The maximum Gasteiger partial charge on any atom is 0.191 e. The van der Waals surface area contributed by atoms with Crippen molar-refractivity contribution >= 4 is 5.96 Å². The predicted molar refractivity (Wildman–Crippen MR) is 111 cm³/mol. The molecule has 0 saturated carbocycles. The molecule has 0 radical (unpaired) electrons. The zero-order valence-corrected chi connectivity index (χ0v) is 17.3. The third kappa shape index (κ3) is 7.48. The monoisotopic (exact) mass is 376 g/mol. The van der Waals surface area contributed by atoms with Crippen molar-refractivity contribution in [1.82, 2.24) is 15.5 Å². The van der Waals surface area contributed by atoms with Crippen LogP contribution in [0.2, 0.25) is 0 Å². The molecule has 27 heavy (non-hydrogen) atoms. The van der Waals surface area contributed by atoms with Crippen LogP contribution in [-0.2, 0) is 9.47 Å². The molecular formula is C21H36N4O2. The zero-order valence-electron chi connectivity index (χ0n) is 17.3. The minimum Gasteiger partial charge on any atom is -0.383 e. The van der Waals surface area contributed by atoms with E-state index in [0.29, 0.717) is 5.92 Å². The van der Waals surface area contributed by atoms with Crippen molar-refractivity contribution in [2.24, 2.45) is 10.9 Å². The van der Waals surface area contributed by atoms with Gasteiger partial charge in [-0.2, -0.15) is 0 Å². The summed E-state index contributed by atoms with van der Waals surface area (Å²) in [6, 6.07) is 8.72. The first kappa shape index (κ1) is 21.7. The van der Waals surface area contributed by atoms with E-state index in [9.17, 15) is 0 Å². The quantitative estimate of drug-likeness (QED) is 0.511. The average molecular weight is 377 g/mol. The second-order valence-corrected chi connectivity index (χ2v) is 7.28. The number of hydrogen-bond donors (Lipinski definition) is 2. The van der Waals surface area contributed by atoms with Crippen molar-refractivity contribution in [1.29, 1.82) is 0 Å². The van der Waals surface area contributed by atoms with Crippen LogP contribution in [0.15, 0.2) is 29.3 Å². The number of hydrogen-bond acceptors (Lipinski definition) is 4. The molecule has 2 rings (SSSR count). The Labute approximate surface area is 164 Å². The van der Waals surface area contributed by atoms with E-state index in [1.165, 1.54) is 17.5 Å². The summed E-state index contributed by atoms with van der Waals surface area (Å²) in [4.78, 5) is 6.59. The lowest BCUT2D eigenvalue weighted by molar-refractivity contribution is -0.0265. The Hall–Kier alpha value is -1.63. The average Bonchev–Trinajstić information content (AvgIpc) is 2.70. The number of nitrogens with one attached hydrogen (secondary N) is 2. The molecule has 0 aliphatic carbocycles. The number of ether oxygens (including phenoxy) is 2. The summed E-state index contributed by atoms with van der Waals surface area (Å²) in [5.41, 5.74) is 2.55. The third-order valence-corrected chi connectivity index (χ3v) is 5.07. The van der Waals surface area contributed by atoms with Gasteiger partial charge in [0.1, 0.15) is 0 Å². The first-order chi connectivity index (χ1) is 13.1. The molecule has 1 aromatic carbocycles. The summed E-state index contributed by atoms with van der Waals surface area (Å²) in [5, 5.41) is 6.88. The Balaban J connectivity index is 1.80. The van der Waals surface area contributed by atoms with Crippen LogP contribution in [0.5, 0.6) is 0 Å². The maximum atomic E-state index is 6.11. The van der Waals surface area contributed by atoms with Gasteiger partial charge in [-0.15, -0.1) is 0 Å². The van der Waals surface area contributed by atoms with E-state index in [2.05, 4.69) is 58.8 Å². The van der Waals surface area contributed by atoms with Gasteiger partial charge in [0, 0.05) is 52.9 Å². The number of benzene rings is 1. The maximum absolute atomic E-state index is 6.11. The highest BCUT2D eigenvalue weighted by molar-refractivity contribution is 5.79. The number of aliphatic imine (C=N–C) groups is 1. The highest BCUT2D eigenvalue weighted by Crippen LogP contribution is 2.33. The lowest BCUT2D eigenvalue weighted by Crippen LogP contribution is -2.44. The summed E-state index contributed by atoms with van der Waals surface area (Å²) in [6.45, 7) is 7.30. The topological polar surface area (TPSA) is 58.1 Å². The van der Waals surface area contributed by atoms with Crippen LogP contribution in [0.25, 0.3) is 0 Å².